The number of carbonyl (C=O) groups excluding carboxylic acids is 2. The van der Waals surface area contributed by atoms with Crippen molar-refractivity contribution in [2.75, 3.05) is 32.7 Å². The zero-order chi connectivity index (χ0) is 24.0. The molecule has 0 fully saturated rings. The Bertz CT molecular complexity index is 1140. The maximum atomic E-state index is 14.6. The molecule has 2 heterocycles. The van der Waals surface area contributed by atoms with E-state index in [0.717, 1.165) is 0 Å². The van der Waals surface area contributed by atoms with Crippen LogP contribution in [0.25, 0.3) is 0 Å². The van der Waals surface area contributed by atoms with Crippen molar-refractivity contribution in [1.29, 1.82) is 0 Å². The number of nitrogens with one attached hydrogen (secondary N) is 1. The monoisotopic (exact) mass is 454 g/mol. The molecular formula is C22H23FN6O4. The summed E-state index contributed by atoms with van der Waals surface area (Å²) in [7, 11) is 3.04. The number of benzene rings is 1. The molecule has 1 aliphatic rings. The van der Waals surface area contributed by atoms with Crippen LogP contribution in [0.1, 0.15) is 29.4 Å². The summed E-state index contributed by atoms with van der Waals surface area (Å²) in [5.41, 5.74) is 5.07. The number of amides is 2. The summed E-state index contributed by atoms with van der Waals surface area (Å²) in [5.74, 6) is 4.25. The van der Waals surface area contributed by atoms with Crippen LogP contribution in [-0.2, 0) is 15.1 Å². The third-order valence-corrected chi connectivity index (χ3v) is 4.87. The fourth-order valence-electron chi connectivity index (χ4n) is 3.07. The Balaban J connectivity index is 1.72. The van der Waals surface area contributed by atoms with Gasteiger partial charge in [-0.3, -0.25) is 14.5 Å². The van der Waals surface area contributed by atoms with Gasteiger partial charge in [-0.25, -0.2) is 19.4 Å². The first-order valence-corrected chi connectivity index (χ1v) is 9.86. The van der Waals surface area contributed by atoms with Gasteiger partial charge in [0, 0.05) is 25.4 Å². The highest BCUT2D eigenvalue weighted by atomic mass is 19.1. The number of guanidine groups is 1. The fraction of sp³-hybridized carbons (Fsp3) is 0.318. The highest BCUT2D eigenvalue weighted by Gasteiger charge is 2.38. The average molecular weight is 454 g/mol. The summed E-state index contributed by atoms with van der Waals surface area (Å²) in [6.45, 7) is 2.01. The molecule has 3 N–H and O–H groups in total. The number of carbonyl (C=O) groups is 2. The molecular weight excluding hydrogens is 431 g/mol. The van der Waals surface area contributed by atoms with Crippen molar-refractivity contribution in [3.8, 4) is 17.7 Å². The molecule has 2 amide bonds. The molecule has 0 aliphatic carbocycles. The van der Waals surface area contributed by atoms with Crippen LogP contribution < -0.4 is 15.8 Å². The van der Waals surface area contributed by atoms with Crippen molar-refractivity contribution in [3.63, 3.8) is 0 Å². The van der Waals surface area contributed by atoms with Crippen LogP contribution in [-0.4, -0.2) is 60.0 Å². The lowest BCUT2D eigenvalue weighted by Crippen LogP contribution is -2.47. The highest BCUT2D eigenvalue weighted by Crippen LogP contribution is 2.35. The Hall–Kier alpha value is -4.04. The Morgan fingerprint density at radius 3 is 2.73 bits per heavy atom. The van der Waals surface area contributed by atoms with E-state index in [9.17, 15) is 14.0 Å². The molecule has 0 bridgehead atoms. The van der Waals surface area contributed by atoms with Crippen molar-refractivity contribution < 1.29 is 23.5 Å². The van der Waals surface area contributed by atoms with Gasteiger partial charge >= 0.3 is 0 Å². The van der Waals surface area contributed by atoms with Crippen LogP contribution in [0, 0.1) is 17.7 Å². The van der Waals surface area contributed by atoms with Gasteiger partial charge in [0.15, 0.2) is 12.6 Å². The lowest BCUT2D eigenvalue weighted by molar-refractivity contribution is -0.128. The second-order valence-corrected chi connectivity index (χ2v) is 7.34. The highest BCUT2D eigenvalue weighted by molar-refractivity contribution is 6.03. The number of aliphatic imine (C=N–C) groups is 1. The van der Waals surface area contributed by atoms with Crippen molar-refractivity contribution >= 4 is 23.5 Å². The predicted molar refractivity (Wildman–Crippen MR) is 118 cm³/mol. The number of aromatic nitrogens is 2. The normalized spacial score (nSPS) is 17.6. The molecule has 1 unspecified atom stereocenters. The number of nitrogens with zero attached hydrogens (tertiary/aromatic N) is 4. The minimum absolute atomic E-state index is 0.00940. The number of hydrogen-bond acceptors (Lipinski definition) is 8. The topological polar surface area (TPSA) is 132 Å². The molecule has 3 rings (SSSR count). The maximum absolute atomic E-state index is 14.6. The van der Waals surface area contributed by atoms with Crippen LogP contribution in [0.4, 0.5) is 10.1 Å². The lowest BCUT2D eigenvalue weighted by Gasteiger charge is -2.34. The SMILES string of the molecule is COCC#CCOc1cnc(C(=O)Nc2ccc(F)c(C3(C)CC(=O)N(C)C(N)=N3)c2)cn1. The molecule has 2 aromatic rings. The molecule has 0 radical (unpaired) electrons. The van der Waals surface area contributed by atoms with Gasteiger partial charge in [0.1, 0.15) is 18.1 Å². The first-order valence-electron chi connectivity index (χ1n) is 9.86. The number of nitrogens with two attached hydrogens (primary N) is 1. The number of methoxy groups -OCH3 is 1. The van der Waals surface area contributed by atoms with Gasteiger partial charge in [-0.15, -0.1) is 0 Å². The molecule has 172 valence electrons. The van der Waals surface area contributed by atoms with Crippen molar-refractivity contribution in [2.24, 2.45) is 10.7 Å². The number of hydrogen-bond donors (Lipinski definition) is 2. The molecule has 11 heteroatoms. The summed E-state index contributed by atoms with van der Waals surface area (Å²) in [5, 5.41) is 2.64. The van der Waals surface area contributed by atoms with Gasteiger partial charge in [-0.05, 0) is 25.1 Å². The second-order valence-electron chi connectivity index (χ2n) is 7.34. The first kappa shape index (κ1) is 23.6. The van der Waals surface area contributed by atoms with E-state index in [2.05, 4.69) is 32.1 Å². The molecule has 1 aromatic carbocycles. The standard InChI is InChI=1S/C22H23FN6O4/c1-22(11-19(30)29(2)21(24)28-22)15-10-14(6-7-16(15)23)27-20(31)17-12-26-18(13-25-17)33-9-5-4-8-32-3/h6-7,10,12-13H,8-9,11H2,1-3H3,(H2,24,28)(H,27,31). The molecule has 0 saturated carbocycles. The number of rotatable bonds is 6. The molecule has 0 spiro atoms. The summed E-state index contributed by atoms with van der Waals surface area (Å²) in [6, 6.07) is 4.01. The van der Waals surface area contributed by atoms with E-state index >= 15 is 0 Å². The minimum atomic E-state index is -1.20. The number of anilines is 1. The smallest absolute Gasteiger partial charge is 0.275 e. The van der Waals surface area contributed by atoms with E-state index in [1.165, 1.54) is 49.7 Å². The second kappa shape index (κ2) is 10.1. The summed E-state index contributed by atoms with van der Waals surface area (Å²) >= 11 is 0. The van der Waals surface area contributed by atoms with E-state index in [4.69, 9.17) is 15.2 Å². The Labute approximate surface area is 190 Å². The quantitative estimate of drug-likeness (QED) is 0.629. The molecule has 10 nitrogen and oxygen atoms in total. The Morgan fingerprint density at radius 1 is 1.30 bits per heavy atom. The van der Waals surface area contributed by atoms with E-state index < -0.39 is 17.3 Å². The summed E-state index contributed by atoms with van der Waals surface area (Å²) in [4.78, 5) is 38.3. The van der Waals surface area contributed by atoms with E-state index in [1.54, 1.807) is 6.92 Å². The van der Waals surface area contributed by atoms with Crippen molar-refractivity contribution in [3.05, 3.63) is 47.7 Å². The van der Waals surface area contributed by atoms with Gasteiger partial charge in [-0.2, -0.15) is 0 Å². The van der Waals surface area contributed by atoms with Crippen LogP contribution in [0.5, 0.6) is 5.88 Å². The van der Waals surface area contributed by atoms with Crippen LogP contribution in [0.2, 0.25) is 0 Å². The third-order valence-electron chi connectivity index (χ3n) is 4.87. The largest absolute Gasteiger partial charge is 0.463 e. The van der Waals surface area contributed by atoms with Gasteiger partial charge in [0.2, 0.25) is 11.8 Å². The van der Waals surface area contributed by atoms with E-state index in [0.29, 0.717) is 12.3 Å². The number of halogens is 1. The molecule has 33 heavy (non-hydrogen) atoms. The van der Waals surface area contributed by atoms with Gasteiger partial charge in [0.25, 0.3) is 5.91 Å². The summed E-state index contributed by atoms with van der Waals surface area (Å²) < 4.78 is 24.7. The molecule has 1 aliphatic heterocycles. The number of ether oxygens (including phenoxy) is 2. The maximum Gasteiger partial charge on any atom is 0.275 e. The van der Waals surface area contributed by atoms with E-state index in [1.807, 2.05) is 0 Å². The zero-order valence-electron chi connectivity index (χ0n) is 18.4. The minimum Gasteiger partial charge on any atom is -0.463 e. The van der Waals surface area contributed by atoms with Crippen LogP contribution in [0.15, 0.2) is 35.6 Å². The average Bonchev–Trinajstić information content (AvgIpc) is 2.79. The zero-order valence-corrected chi connectivity index (χ0v) is 18.4. The Kier molecular flexibility index (Phi) is 7.20. The van der Waals surface area contributed by atoms with Gasteiger partial charge < -0.3 is 20.5 Å². The van der Waals surface area contributed by atoms with Crippen LogP contribution >= 0.6 is 0 Å². The molecule has 1 atom stereocenters. The third kappa shape index (κ3) is 5.61. The first-order chi connectivity index (χ1) is 15.7. The predicted octanol–water partition coefficient (Wildman–Crippen LogP) is 1.29. The van der Waals surface area contributed by atoms with Crippen molar-refractivity contribution in [1.82, 2.24) is 14.9 Å². The van der Waals surface area contributed by atoms with Gasteiger partial charge in [-0.1, -0.05) is 11.8 Å². The fourth-order valence-corrected chi connectivity index (χ4v) is 3.07. The van der Waals surface area contributed by atoms with Crippen LogP contribution in [0.3, 0.4) is 0 Å². The summed E-state index contributed by atoms with van der Waals surface area (Å²) in [6.07, 6.45) is 2.48. The van der Waals surface area contributed by atoms with E-state index in [-0.39, 0.29) is 42.0 Å². The molecule has 1 aromatic heterocycles. The Morgan fingerprint density at radius 2 is 2.06 bits per heavy atom. The molecule has 0 saturated heterocycles. The lowest BCUT2D eigenvalue weighted by atomic mass is 9.87. The van der Waals surface area contributed by atoms with Gasteiger partial charge in [0.05, 0.1) is 24.4 Å². The van der Waals surface area contributed by atoms with Crippen molar-refractivity contribution in [2.45, 2.75) is 18.9 Å².